The first-order valence-electron chi connectivity index (χ1n) is 9.12. The molecule has 0 aromatic rings. The molecule has 0 aromatic heterocycles. The number of carboxylic acid groups (broad SMARTS) is 1. The summed E-state index contributed by atoms with van der Waals surface area (Å²) in [6.07, 6.45) is 8.69. The van der Waals surface area contributed by atoms with Gasteiger partial charge < -0.3 is 14.6 Å². The third kappa shape index (κ3) is 15.0. The van der Waals surface area contributed by atoms with Gasteiger partial charge in [-0.1, -0.05) is 71.6 Å². The number of ether oxygens (including phenoxy) is 1. The van der Waals surface area contributed by atoms with Crippen LogP contribution in [0.25, 0.3) is 0 Å². The van der Waals surface area contributed by atoms with Gasteiger partial charge >= 0.3 is 29.6 Å². The first kappa shape index (κ1) is 27.4. The minimum atomic E-state index is -4.23. The molecule has 0 aliphatic rings. The van der Waals surface area contributed by atoms with Crippen LogP contribution in [0.5, 0.6) is 0 Å². The van der Waals surface area contributed by atoms with E-state index in [0.717, 1.165) is 25.7 Å². The van der Waals surface area contributed by atoms with Gasteiger partial charge in [-0.3, -0.25) is 4.55 Å². The molecule has 144 valence electrons. The molecule has 8 heteroatoms. The molecule has 0 rings (SSSR count). The van der Waals surface area contributed by atoms with Crippen molar-refractivity contribution in [3.8, 4) is 0 Å². The number of rotatable bonds is 15. The molecule has 0 fully saturated rings. The van der Waals surface area contributed by atoms with Crippen LogP contribution in [0.1, 0.15) is 84.5 Å². The molecule has 0 spiro atoms. The van der Waals surface area contributed by atoms with E-state index in [1.165, 1.54) is 25.7 Å². The number of hydrogen-bond donors (Lipinski definition) is 1. The van der Waals surface area contributed by atoms with Gasteiger partial charge in [-0.15, -0.1) is 0 Å². The fourth-order valence-electron chi connectivity index (χ4n) is 3.00. The molecule has 25 heavy (non-hydrogen) atoms. The SMILES string of the molecule is CCCCCCCCCCC(COC(=O)[O-])C(CCC)S(=O)(=O)O.[Na+]. The Morgan fingerprint density at radius 1 is 0.960 bits per heavy atom. The van der Waals surface area contributed by atoms with Gasteiger partial charge in [-0.25, -0.2) is 0 Å². The molecule has 0 aliphatic heterocycles. The number of carbonyl (C=O) groups excluding carboxylic acids is 1. The summed E-state index contributed by atoms with van der Waals surface area (Å²) in [5, 5.41) is 9.51. The second kappa shape index (κ2) is 16.4. The van der Waals surface area contributed by atoms with Crippen molar-refractivity contribution >= 4 is 16.3 Å². The number of hydrogen-bond acceptors (Lipinski definition) is 5. The van der Waals surface area contributed by atoms with Crippen LogP contribution >= 0.6 is 0 Å². The average Bonchev–Trinajstić information content (AvgIpc) is 2.49. The quantitative estimate of drug-likeness (QED) is 0.190. The Morgan fingerprint density at radius 2 is 1.48 bits per heavy atom. The van der Waals surface area contributed by atoms with Crippen molar-refractivity contribution in [2.45, 2.75) is 89.7 Å². The number of carbonyl (C=O) groups is 1. The Morgan fingerprint density at radius 3 is 1.92 bits per heavy atom. The van der Waals surface area contributed by atoms with Gasteiger partial charge in [0, 0.05) is 6.61 Å². The Balaban J connectivity index is 0. The molecule has 2 unspecified atom stereocenters. The van der Waals surface area contributed by atoms with Crippen molar-refractivity contribution in [1.29, 1.82) is 0 Å². The molecule has 0 aliphatic carbocycles. The zero-order valence-corrected chi connectivity index (χ0v) is 18.9. The molecule has 0 bridgehead atoms. The predicted molar refractivity (Wildman–Crippen MR) is 92.3 cm³/mol. The van der Waals surface area contributed by atoms with Crippen LogP contribution in [-0.2, 0) is 14.9 Å². The smallest absolute Gasteiger partial charge is 0.549 e. The molecule has 0 saturated carbocycles. The van der Waals surface area contributed by atoms with Gasteiger partial charge in [0.25, 0.3) is 16.3 Å². The van der Waals surface area contributed by atoms with Crippen LogP contribution < -0.4 is 34.7 Å². The van der Waals surface area contributed by atoms with Crippen molar-refractivity contribution < 1.29 is 57.2 Å². The normalized spacial score (nSPS) is 13.7. The van der Waals surface area contributed by atoms with Crippen molar-refractivity contribution in [1.82, 2.24) is 0 Å². The Bertz CT molecular complexity index is 427. The van der Waals surface area contributed by atoms with E-state index >= 15 is 0 Å². The number of unbranched alkanes of at least 4 members (excludes halogenated alkanes) is 7. The summed E-state index contributed by atoms with van der Waals surface area (Å²) < 4.78 is 37.1. The summed E-state index contributed by atoms with van der Waals surface area (Å²) in [6, 6.07) is 0. The molecule has 0 aromatic carbocycles. The van der Waals surface area contributed by atoms with Gasteiger partial charge in [0.05, 0.1) is 5.25 Å². The fraction of sp³-hybridized carbons (Fsp3) is 0.941. The minimum absolute atomic E-state index is 0. The Kier molecular flexibility index (Phi) is 17.9. The van der Waals surface area contributed by atoms with Gasteiger partial charge in [0.15, 0.2) is 0 Å². The van der Waals surface area contributed by atoms with Gasteiger partial charge in [-0.2, -0.15) is 8.42 Å². The van der Waals surface area contributed by atoms with Crippen LogP contribution in [-0.4, -0.2) is 31.0 Å². The summed E-state index contributed by atoms with van der Waals surface area (Å²) in [6.45, 7) is 3.76. The van der Waals surface area contributed by atoms with E-state index in [1.807, 2.05) is 6.92 Å². The van der Waals surface area contributed by atoms with Crippen LogP contribution in [0.15, 0.2) is 0 Å². The fourth-order valence-corrected chi connectivity index (χ4v) is 4.24. The van der Waals surface area contributed by atoms with Crippen LogP contribution in [0, 0.1) is 5.92 Å². The molecule has 0 amide bonds. The van der Waals surface area contributed by atoms with Crippen LogP contribution in [0.2, 0.25) is 0 Å². The monoisotopic (exact) mass is 388 g/mol. The molecule has 0 saturated heterocycles. The summed E-state index contributed by atoms with van der Waals surface area (Å²) in [5.74, 6) is -0.530. The Hall–Kier alpha value is 0.180. The molecule has 6 nitrogen and oxygen atoms in total. The van der Waals surface area contributed by atoms with Gasteiger partial charge in [0.2, 0.25) is 0 Å². The third-order valence-corrected chi connectivity index (χ3v) is 5.71. The molecule has 1 N–H and O–H groups in total. The topological polar surface area (TPSA) is 104 Å². The van der Waals surface area contributed by atoms with E-state index in [9.17, 15) is 22.9 Å². The Labute approximate surface area is 175 Å². The maximum Gasteiger partial charge on any atom is 1.00 e. The van der Waals surface area contributed by atoms with E-state index in [1.54, 1.807) is 0 Å². The standard InChI is InChI=1S/C17H34O6S.Na/c1-3-5-6-7-8-9-10-11-13-15(14-23-17(18)19)16(12-4-2)24(20,21)22;/h15-16H,3-14H2,1-2H3,(H,18,19)(H,20,21,22);/q;+1/p-1. The van der Waals surface area contributed by atoms with Gasteiger partial charge in [-0.05, 0) is 18.8 Å². The van der Waals surface area contributed by atoms with E-state index in [-0.39, 0.29) is 42.6 Å². The van der Waals surface area contributed by atoms with Gasteiger partial charge in [0.1, 0.15) is 0 Å². The zero-order chi connectivity index (χ0) is 18.4. The van der Waals surface area contributed by atoms with Crippen LogP contribution in [0.4, 0.5) is 4.79 Å². The third-order valence-electron chi connectivity index (χ3n) is 4.33. The molecule has 2 atom stereocenters. The maximum absolute atomic E-state index is 11.6. The van der Waals surface area contributed by atoms with E-state index in [0.29, 0.717) is 12.8 Å². The second-order valence-electron chi connectivity index (χ2n) is 6.43. The van der Waals surface area contributed by atoms with Crippen molar-refractivity contribution in [2.75, 3.05) is 6.61 Å². The summed E-state index contributed by atoms with van der Waals surface area (Å²) in [5.41, 5.74) is 0. The van der Waals surface area contributed by atoms with Crippen molar-refractivity contribution in [3.63, 3.8) is 0 Å². The first-order valence-corrected chi connectivity index (χ1v) is 10.6. The second-order valence-corrected chi connectivity index (χ2v) is 8.06. The predicted octanol–water partition coefficient (Wildman–Crippen LogP) is 0.554. The summed E-state index contributed by atoms with van der Waals surface area (Å²) >= 11 is 0. The summed E-state index contributed by atoms with van der Waals surface area (Å²) in [4.78, 5) is 10.5. The van der Waals surface area contributed by atoms with E-state index in [4.69, 9.17) is 0 Å². The summed E-state index contributed by atoms with van der Waals surface area (Å²) in [7, 11) is -4.23. The van der Waals surface area contributed by atoms with Crippen molar-refractivity contribution in [3.05, 3.63) is 0 Å². The maximum atomic E-state index is 11.6. The molecular weight excluding hydrogens is 355 g/mol. The van der Waals surface area contributed by atoms with Crippen molar-refractivity contribution in [2.24, 2.45) is 5.92 Å². The zero-order valence-electron chi connectivity index (χ0n) is 16.0. The molecular formula is C17H33NaO6S. The first-order chi connectivity index (χ1) is 11.3. The largest absolute Gasteiger partial charge is 1.00 e. The van der Waals surface area contributed by atoms with E-state index in [2.05, 4.69) is 11.7 Å². The van der Waals surface area contributed by atoms with E-state index < -0.39 is 27.4 Å². The van der Waals surface area contributed by atoms with Crippen LogP contribution in [0.3, 0.4) is 0 Å². The average molecular weight is 389 g/mol. The molecule has 0 radical (unpaired) electrons. The minimum Gasteiger partial charge on any atom is -0.549 e. The molecule has 0 heterocycles.